The summed E-state index contributed by atoms with van der Waals surface area (Å²) in [5.41, 5.74) is 0. The third kappa shape index (κ3) is 5.94. The Hall–Kier alpha value is -1.26. The smallest absolute Gasteiger partial charge is 0.320 e. The normalized spacial score (nSPS) is 19.1. The molecule has 1 rings (SSSR count). The van der Waals surface area contributed by atoms with Crippen molar-refractivity contribution in [2.75, 3.05) is 19.6 Å². The molecule has 1 N–H and O–H groups in total. The van der Waals surface area contributed by atoms with E-state index in [0.29, 0.717) is 24.8 Å². The number of likely N-dealkylation sites (tertiary alicyclic amines) is 1. The third-order valence-corrected chi connectivity index (χ3v) is 3.99. The van der Waals surface area contributed by atoms with Crippen LogP contribution < -0.4 is 0 Å². The number of hydrogen-bond acceptors (Lipinski definition) is 2. The summed E-state index contributed by atoms with van der Waals surface area (Å²) in [6.45, 7) is 10.6. The molecule has 1 aliphatic heterocycles. The number of rotatable bonds is 6. The first kappa shape index (κ1) is 17.8. The van der Waals surface area contributed by atoms with Crippen LogP contribution in [0.5, 0.6) is 0 Å². The molecular formula is C16H30N2O3. The number of carboxylic acid groups (broad SMARTS) is 1. The second-order valence-corrected chi connectivity index (χ2v) is 6.81. The van der Waals surface area contributed by atoms with E-state index in [-0.39, 0.29) is 18.5 Å². The van der Waals surface area contributed by atoms with Crippen LogP contribution in [-0.4, -0.2) is 52.6 Å². The molecule has 1 fully saturated rings. The second kappa shape index (κ2) is 8.25. The monoisotopic (exact) mass is 298 g/mol. The summed E-state index contributed by atoms with van der Waals surface area (Å²) in [6, 6.07) is 0.304. The highest BCUT2D eigenvalue weighted by molar-refractivity contribution is 5.75. The van der Waals surface area contributed by atoms with E-state index < -0.39 is 5.97 Å². The fourth-order valence-corrected chi connectivity index (χ4v) is 2.89. The Morgan fingerprint density at radius 2 is 1.95 bits per heavy atom. The minimum Gasteiger partial charge on any atom is -0.481 e. The van der Waals surface area contributed by atoms with E-state index in [1.54, 1.807) is 0 Å². The molecule has 0 spiro atoms. The lowest BCUT2D eigenvalue weighted by atomic mass is 9.93. The summed E-state index contributed by atoms with van der Waals surface area (Å²) in [6.07, 6.45) is 2.88. The van der Waals surface area contributed by atoms with Gasteiger partial charge in [0.15, 0.2) is 0 Å². The fourth-order valence-electron chi connectivity index (χ4n) is 2.89. The molecule has 0 radical (unpaired) electrons. The number of piperidine rings is 1. The van der Waals surface area contributed by atoms with Crippen LogP contribution in [0, 0.1) is 11.8 Å². The van der Waals surface area contributed by atoms with Gasteiger partial charge >= 0.3 is 12.0 Å². The van der Waals surface area contributed by atoms with Crippen LogP contribution >= 0.6 is 0 Å². The number of nitrogens with zero attached hydrogens (tertiary/aromatic N) is 2. The molecule has 0 saturated carbocycles. The lowest BCUT2D eigenvalue weighted by Crippen LogP contribution is -2.50. The number of hydrogen-bond donors (Lipinski definition) is 1. The first-order valence-electron chi connectivity index (χ1n) is 8.08. The Bertz CT molecular complexity index is 355. The zero-order chi connectivity index (χ0) is 16.0. The largest absolute Gasteiger partial charge is 0.481 e. The first-order valence-corrected chi connectivity index (χ1v) is 8.08. The topological polar surface area (TPSA) is 60.9 Å². The third-order valence-electron chi connectivity index (χ3n) is 3.99. The average molecular weight is 298 g/mol. The molecule has 1 atom stereocenters. The van der Waals surface area contributed by atoms with Gasteiger partial charge in [-0.15, -0.1) is 0 Å². The summed E-state index contributed by atoms with van der Waals surface area (Å²) in [7, 11) is 0. The van der Waals surface area contributed by atoms with Gasteiger partial charge in [-0.1, -0.05) is 13.8 Å². The fraction of sp³-hybridized carbons (Fsp3) is 0.875. The number of carbonyl (C=O) groups is 2. The van der Waals surface area contributed by atoms with E-state index >= 15 is 0 Å². The van der Waals surface area contributed by atoms with Crippen LogP contribution in [-0.2, 0) is 4.79 Å². The second-order valence-electron chi connectivity index (χ2n) is 6.81. The van der Waals surface area contributed by atoms with Gasteiger partial charge in [-0.2, -0.15) is 0 Å². The minimum absolute atomic E-state index is 0.110. The Morgan fingerprint density at radius 3 is 2.48 bits per heavy atom. The number of amides is 2. The van der Waals surface area contributed by atoms with Crippen LogP contribution in [0.25, 0.3) is 0 Å². The number of aliphatic carboxylic acids is 1. The van der Waals surface area contributed by atoms with Crippen molar-refractivity contribution < 1.29 is 14.7 Å². The van der Waals surface area contributed by atoms with Gasteiger partial charge < -0.3 is 14.9 Å². The maximum Gasteiger partial charge on any atom is 0.320 e. The molecule has 21 heavy (non-hydrogen) atoms. The van der Waals surface area contributed by atoms with E-state index in [9.17, 15) is 9.59 Å². The number of carbonyl (C=O) groups excluding carboxylic acids is 1. The molecular weight excluding hydrogens is 268 g/mol. The standard InChI is InChI=1S/C16H30N2O3/c1-12(2)10-18(13(3)4)16(21)17-9-5-6-14(11-17)7-8-15(19)20/h12-14H,5-11H2,1-4H3,(H,19,20). The molecule has 122 valence electrons. The van der Waals surface area contributed by atoms with Crippen LogP contribution in [0.2, 0.25) is 0 Å². The molecule has 0 aromatic carbocycles. The van der Waals surface area contributed by atoms with Crippen molar-refractivity contribution in [2.24, 2.45) is 11.8 Å². The summed E-state index contributed by atoms with van der Waals surface area (Å²) >= 11 is 0. The quantitative estimate of drug-likeness (QED) is 0.820. The summed E-state index contributed by atoms with van der Waals surface area (Å²) < 4.78 is 0. The van der Waals surface area contributed by atoms with E-state index in [2.05, 4.69) is 13.8 Å². The van der Waals surface area contributed by atoms with Crippen LogP contribution in [0.4, 0.5) is 4.79 Å². The van der Waals surface area contributed by atoms with Gasteiger partial charge in [-0.25, -0.2) is 4.79 Å². The average Bonchev–Trinajstić information content (AvgIpc) is 2.41. The van der Waals surface area contributed by atoms with E-state index in [1.807, 2.05) is 23.6 Å². The number of carboxylic acids is 1. The van der Waals surface area contributed by atoms with Crippen molar-refractivity contribution >= 4 is 12.0 Å². The lowest BCUT2D eigenvalue weighted by Gasteiger charge is -2.38. The van der Waals surface area contributed by atoms with E-state index in [4.69, 9.17) is 5.11 Å². The Morgan fingerprint density at radius 1 is 1.29 bits per heavy atom. The Labute approximate surface area is 128 Å². The van der Waals surface area contributed by atoms with Crippen molar-refractivity contribution in [1.82, 2.24) is 9.80 Å². The van der Waals surface area contributed by atoms with Gasteiger partial charge in [0.25, 0.3) is 0 Å². The molecule has 0 aromatic heterocycles. The molecule has 0 aromatic rings. The molecule has 1 aliphatic rings. The first-order chi connectivity index (χ1) is 9.81. The maximum absolute atomic E-state index is 12.7. The van der Waals surface area contributed by atoms with Gasteiger partial charge in [0.1, 0.15) is 0 Å². The lowest BCUT2D eigenvalue weighted by molar-refractivity contribution is -0.137. The van der Waals surface area contributed by atoms with Crippen molar-refractivity contribution in [3.05, 3.63) is 0 Å². The van der Waals surface area contributed by atoms with Gasteiger partial charge in [0, 0.05) is 32.1 Å². The Balaban J connectivity index is 2.60. The molecule has 5 nitrogen and oxygen atoms in total. The summed E-state index contributed by atoms with van der Waals surface area (Å²) in [4.78, 5) is 27.2. The minimum atomic E-state index is -0.748. The van der Waals surface area contributed by atoms with Gasteiger partial charge in [0.05, 0.1) is 0 Å². The van der Waals surface area contributed by atoms with Crippen LogP contribution in [0.3, 0.4) is 0 Å². The van der Waals surface area contributed by atoms with Crippen molar-refractivity contribution in [1.29, 1.82) is 0 Å². The SMILES string of the molecule is CC(C)CN(C(=O)N1CCCC(CCC(=O)O)C1)C(C)C. The Kier molecular flexibility index (Phi) is 6.99. The van der Waals surface area contributed by atoms with Crippen molar-refractivity contribution in [2.45, 2.75) is 59.4 Å². The highest BCUT2D eigenvalue weighted by Gasteiger charge is 2.28. The predicted octanol–water partition coefficient (Wildman–Crippen LogP) is 3.05. The van der Waals surface area contributed by atoms with Gasteiger partial charge in [-0.3, -0.25) is 4.79 Å². The van der Waals surface area contributed by atoms with Gasteiger partial charge in [0.2, 0.25) is 0 Å². The van der Waals surface area contributed by atoms with Crippen LogP contribution in [0.15, 0.2) is 0 Å². The summed E-state index contributed by atoms with van der Waals surface area (Å²) in [5.74, 6) is 0.0258. The highest BCUT2D eigenvalue weighted by atomic mass is 16.4. The summed E-state index contributed by atoms with van der Waals surface area (Å²) in [5, 5.41) is 8.79. The van der Waals surface area contributed by atoms with Crippen molar-refractivity contribution in [3.8, 4) is 0 Å². The molecule has 1 unspecified atom stereocenters. The maximum atomic E-state index is 12.7. The molecule has 1 heterocycles. The number of urea groups is 1. The van der Waals surface area contributed by atoms with Gasteiger partial charge in [-0.05, 0) is 44.9 Å². The zero-order valence-corrected chi connectivity index (χ0v) is 13.8. The molecule has 5 heteroatoms. The molecule has 0 bridgehead atoms. The van der Waals surface area contributed by atoms with E-state index in [1.165, 1.54) is 0 Å². The van der Waals surface area contributed by atoms with Crippen molar-refractivity contribution in [3.63, 3.8) is 0 Å². The molecule has 1 saturated heterocycles. The zero-order valence-electron chi connectivity index (χ0n) is 13.8. The van der Waals surface area contributed by atoms with Crippen LogP contribution in [0.1, 0.15) is 53.4 Å². The highest BCUT2D eigenvalue weighted by Crippen LogP contribution is 2.22. The van der Waals surface area contributed by atoms with E-state index in [0.717, 1.165) is 25.9 Å². The predicted molar refractivity (Wildman–Crippen MR) is 83.2 cm³/mol. The molecule has 2 amide bonds. The molecule has 0 aliphatic carbocycles.